The van der Waals surface area contributed by atoms with Gasteiger partial charge in [-0.3, -0.25) is 0 Å². The molecular formula is C22H25FN6O. The largest absolute Gasteiger partial charge is 0.378 e. The number of nitrogens with zero attached hydrogens (tertiary/aromatic N) is 5. The SMILES string of the molecule is Cc1ccccc1-n1c(C)cc(/C=N/Nc2ncc(F)c(N3CCOCC3)n2)c1C. The number of anilines is 2. The molecule has 0 spiro atoms. The van der Waals surface area contributed by atoms with Crippen LogP contribution < -0.4 is 10.3 Å². The molecule has 1 fully saturated rings. The molecule has 1 saturated heterocycles. The van der Waals surface area contributed by atoms with Gasteiger partial charge in [0.2, 0.25) is 5.95 Å². The summed E-state index contributed by atoms with van der Waals surface area (Å²) in [5.41, 5.74) is 8.37. The van der Waals surface area contributed by atoms with E-state index in [4.69, 9.17) is 4.74 Å². The van der Waals surface area contributed by atoms with E-state index in [0.29, 0.717) is 26.3 Å². The van der Waals surface area contributed by atoms with Crippen molar-refractivity contribution in [3.05, 3.63) is 64.9 Å². The molecule has 0 atom stereocenters. The molecule has 0 bridgehead atoms. The first kappa shape index (κ1) is 20.0. The van der Waals surface area contributed by atoms with E-state index in [1.54, 1.807) is 6.21 Å². The van der Waals surface area contributed by atoms with Crippen molar-refractivity contribution >= 4 is 18.0 Å². The lowest BCUT2D eigenvalue weighted by Gasteiger charge is -2.27. The standard InChI is InChI=1S/C22H25FN6O/c1-15-6-4-5-7-20(15)29-16(2)12-18(17(29)3)13-25-27-22-24-14-19(23)21(26-22)28-8-10-30-11-9-28/h4-7,12-14H,8-11H2,1-3H3,(H,24,26,27)/b25-13+. The topological polar surface area (TPSA) is 67.6 Å². The van der Waals surface area contributed by atoms with Crippen molar-refractivity contribution in [2.45, 2.75) is 20.8 Å². The van der Waals surface area contributed by atoms with Crippen molar-refractivity contribution in [3.63, 3.8) is 0 Å². The number of aryl methyl sites for hydroxylation is 2. The highest BCUT2D eigenvalue weighted by Gasteiger charge is 2.18. The fourth-order valence-electron chi connectivity index (χ4n) is 3.67. The van der Waals surface area contributed by atoms with E-state index < -0.39 is 5.82 Å². The highest BCUT2D eigenvalue weighted by Crippen LogP contribution is 2.22. The van der Waals surface area contributed by atoms with Crippen molar-refractivity contribution in [3.8, 4) is 5.69 Å². The zero-order valence-electron chi connectivity index (χ0n) is 17.4. The third-order valence-corrected chi connectivity index (χ3v) is 5.23. The van der Waals surface area contributed by atoms with Crippen LogP contribution in [0, 0.1) is 26.6 Å². The molecule has 30 heavy (non-hydrogen) atoms. The maximum absolute atomic E-state index is 14.2. The highest BCUT2D eigenvalue weighted by atomic mass is 19.1. The lowest BCUT2D eigenvalue weighted by Crippen LogP contribution is -2.37. The summed E-state index contributed by atoms with van der Waals surface area (Å²) in [7, 11) is 0. The minimum absolute atomic E-state index is 0.252. The van der Waals surface area contributed by atoms with E-state index in [1.165, 1.54) is 11.8 Å². The number of ether oxygens (including phenoxy) is 1. The van der Waals surface area contributed by atoms with Gasteiger partial charge in [0, 0.05) is 35.7 Å². The molecule has 2 aromatic heterocycles. The van der Waals surface area contributed by atoms with E-state index in [-0.39, 0.29) is 11.8 Å². The van der Waals surface area contributed by atoms with Crippen molar-refractivity contribution in [1.82, 2.24) is 14.5 Å². The molecule has 1 aliphatic heterocycles. The number of benzene rings is 1. The van der Waals surface area contributed by atoms with Gasteiger partial charge in [0.15, 0.2) is 11.6 Å². The molecule has 156 valence electrons. The van der Waals surface area contributed by atoms with Gasteiger partial charge in [-0.15, -0.1) is 0 Å². The van der Waals surface area contributed by atoms with Gasteiger partial charge in [0.25, 0.3) is 0 Å². The Morgan fingerprint density at radius 1 is 1.17 bits per heavy atom. The Bertz CT molecular complexity index is 1070. The van der Waals surface area contributed by atoms with Crippen LogP contribution in [0.5, 0.6) is 0 Å². The smallest absolute Gasteiger partial charge is 0.245 e. The third-order valence-electron chi connectivity index (χ3n) is 5.23. The first-order valence-electron chi connectivity index (χ1n) is 9.94. The Balaban J connectivity index is 1.53. The van der Waals surface area contributed by atoms with Crippen LogP contribution in [0.1, 0.15) is 22.5 Å². The van der Waals surface area contributed by atoms with Gasteiger partial charge in [0.1, 0.15) is 0 Å². The molecule has 3 heterocycles. The van der Waals surface area contributed by atoms with Crippen LogP contribution in [-0.2, 0) is 4.74 Å². The number of para-hydroxylation sites is 1. The van der Waals surface area contributed by atoms with E-state index in [1.807, 2.05) is 17.0 Å². The Hall–Kier alpha value is -3.26. The number of hydrogen-bond donors (Lipinski definition) is 1. The Labute approximate surface area is 175 Å². The molecule has 0 unspecified atom stereocenters. The Morgan fingerprint density at radius 2 is 1.93 bits per heavy atom. The monoisotopic (exact) mass is 408 g/mol. The summed E-state index contributed by atoms with van der Waals surface area (Å²) in [6.45, 7) is 8.54. The maximum Gasteiger partial charge on any atom is 0.245 e. The van der Waals surface area contributed by atoms with Gasteiger partial charge in [-0.25, -0.2) is 14.8 Å². The number of hydrogen-bond acceptors (Lipinski definition) is 6. The van der Waals surface area contributed by atoms with Crippen molar-refractivity contribution in [2.24, 2.45) is 5.10 Å². The Kier molecular flexibility index (Phi) is 5.76. The second-order valence-electron chi connectivity index (χ2n) is 7.28. The summed E-state index contributed by atoms with van der Waals surface area (Å²) < 4.78 is 21.7. The van der Waals surface area contributed by atoms with Gasteiger partial charge >= 0.3 is 0 Å². The summed E-state index contributed by atoms with van der Waals surface area (Å²) in [4.78, 5) is 10.1. The normalized spacial score (nSPS) is 14.5. The number of nitrogens with one attached hydrogen (secondary N) is 1. The molecule has 3 aromatic rings. The minimum Gasteiger partial charge on any atom is -0.378 e. The predicted molar refractivity (Wildman–Crippen MR) is 116 cm³/mol. The van der Waals surface area contributed by atoms with Gasteiger partial charge < -0.3 is 14.2 Å². The first-order valence-corrected chi connectivity index (χ1v) is 9.94. The lowest BCUT2D eigenvalue weighted by molar-refractivity contribution is 0.122. The molecule has 0 aliphatic carbocycles. The minimum atomic E-state index is -0.451. The summed E-state index contributed by atoms with van der Waals surface area (Å²) in [5, 5.41) is 4.28. The van der Waals surface area contributed by atoms with Crippen LogP contribution in [0.2, 0.25) is 0 Å². The van der Waals surface area contributed by atoms with Crippen LogP contribution >= 0.6 is 0 Å². The summed E-state index contributed by atoms with van der Waals surface area (Å²) in [6.07, 6.45) is 2.90. The molecule has 0 radical (unpaired) electrons. The van der Waals surface area contributed by atoms with Gasteiger partial charge in [0.05, 0.1) is 25.6 Å². The fourth-order valence-corrected chi connectivity index (χ4v) is 3.67. The first-order chi connectivity index (χ1) is 14.5. The van der Waals surface area contributed by atoms with E-state index in [0.717, 1.165) is 22.6 Å². The second kappa shape index (κ2) is 8.62. The number of morpholine rings is 1. The zero-order valence-corrected chi connectivity index (χ0v) is 17.4. The van der Waals surface area contributed by atoms with Crippen LogP contribution in [-0.4, -0.2) is 47.1 Å². The molecular weight excluding hydrogens is 383 g/mol. The molecule has 8 heteroatoms. The average Bonchev–Trinajstić information content (AvgIpc) is 3.03. The maximum atomic E-state index is 14.2. The molecule has 4 rings (SSSR count). The van der Waals surface area contributed by atoms with Crippen LogP contribution in [0.4, 0.5) is 16.2 Å². The fraction of sp³-hybridized carbons (Fsp3) is 0.318. The highest BCUT2D eigenvalue weighted by molar-refractivity contribution is 5.82. The molecule has 1 N–H and O–H groups in total. The molecule has 0 amide bonds. The quantitative estimate of drug-likeness (QED) is 0.516. The summed E-state index contributed by atoms with van der Waals surface area (Å²) >= 11 is 0. The van der Waals surface area contributed by atoms with Crippen LogP contribution in [0.15, 0.2) is 41.6 Å². The number of hydrazone groups is 1. The van der Waals surface area contributed by atoms with Crippen molar-refractivity contribution in [2.75, 3.05) is 36.6 Å². The summed E-state index contributed by atoms with van der Waals surface area (Å²) in [6, 6.07) is 10.4. The van der Waals surface area contributed by atoms with E-state index in [9.17, 15) is 4.39 Å². The lowest BCUT2D eigenvalue weighted by atomic mass is 10.2. The number of aromatic nitrogens is 3. The van der Waals surface area contributed by atoms with Crippen molar-refractivity contribution in [1.29, 1.82) is 0 Å². The summed E-state index contributed by atoms with van der Waals surface area (Å²) in [5.74, 6) is 0.0683. The zero-order chi connectivity index (χ0) is 21.1. The van der Waals surface area contributed by atoms with E-state index in [2.05, 4.69) is 64.0 Å². The molecule has 7 nitrogen and oxygen atoms in total. The number of rotatable bonds is 5. The Morgan fingerprint density at radius 3 is 2.70 bits per heavy atom. The second-order valence-corrected chi connectivity index (χ2v) is 7.28. The predicted octanol–water partition coefficient (Wildman–Crippen LogP) is 3.61. The number of halogens is 1. The van der Waals surface area contributed by atoms with Crippen molar-refractivity contribution < 1.29 is 9.13 Å². The van der Waals surface area contributed by atoms with E-state index >= 15 is 0 Å². The molecule has 1 aliphatic rings. The van der Waals surface area contributed by atoms with Gasteiger partial charge in [-0.2, -0.15) is 10.1 Å². The molecule has 1 aromatic carbocycles. The van der Waals surface area contributed by atoms with Gasteiger partial charge in [-0.1, -0.05) is 18.2 Å². The van der Waals surface area contributed by atoms with Gasteiger partial charge in [-0.05, 0) is 38.5 Å². The van der Waals surface area contributed by atoms with Crippen LogP contribution in [0.3, 0.4) is 0 Å². The third kappa shape index (κ3) is 4.04. The molecule has 0 saturated carbocycles. The average molecular weight is 408 g/mol. The van der Waals surface area contributed by atoms with Crippen LogP contribution in [0.25, 0.3) is 5.69 Å².